The molecule has 1 fully saturated rings. The van der Waals surface area contributed by atoms with Crippen molar-refractivity contribution < 1.29 is 4.74 Å². The third-order valence-electron chi connectivity index (χ3n) is 5.80. The molecule has 1 aromatic carbocycles. The van der Waals surface area contributed by atoms with Crippen molar-refractivity contribution in [1.29, 1.82) is 0 Å². The van der Waals surface area contributed by atoms with Crippen LogP contribution in [0.4, 0.5) is 11.8 Å². The Morgan fingerprint density at radius 2 is 1.90 bits per heavy atom. The summed E-state index contributed by atoms with van der Waals surface area (Å²) in [5, 5.41) is 8.82. The van der Waals surface area contributed by atoms with E-state index < -0.39 is 0 Å². The topological polar surface area (TPSA) is 71.3 Å². The van der Waals surface area contributed by atoms with Crippen molar-refractivity contribution in [2.24, 2.45) is 7.05 Å². The highest BCUT2D eigenvalue weighted by molar-refractivity contribution is 5.88. The number of aromatic nitrogens is 4. The van der Waals surface area contributed by atoms with E-state index in [0.29, 0.717) is 5.95 Å². The maximum absolute atomic E-state index is 5.50. The van der Waals surface area contributed by atoms with E-state index in [1.165, 1.54) is 11.1 Å². The lowest BCUT2D eigenvalue weighted by Gasteiger charge is -2.29. The lowest BCUT2D eigenvalue weighted by atomic mass is 10.00. The van der Waals surface area contributed by atoms with Gasteiger partial charge in [-0.1, -0.05) is 24.3 Å². The number of rotatable bonds is 5. The highest BCUT2D eigenvalue weighted by Crippen LogP contribution is 2.25. The minimum Gasteiger partial charge on any atom is -0.378 e. The summed E-state index contributed by atoms with van der Waals surface area (Å²) in [4.78, 5) is 14.3. The van der Waals surface area contributed by atoms with E-state index in [4.69, 9.17) is 14.7 Å². The largest absolute Gasteiger partial charge is 0.378 e. The van der Waals surface area contributed by atoms with Gasteiger partial charge in [0.05, 0.1) is 24.8 Å². The minimum absolute atomic E-state index is 0.667. The number of hydrogen-bond acceptors (Lipinski definition) is 7. The van der Waals surface area contributed by atoms with E-state index in [0.717, 1.165) is 75.8 Å². The molecule has 5 rings (SSSR count). The van der Waals surface area contributed by atoms with E-state index in [9.17, 15) is 0 Å². The van der Waals surface area contributed by atoms with E-state index in [1.54, 1.807) is 0 Å². The molecule has 2 aromatic heterocycles. The third kappa shape index (κ3) is 3.77. The minimum atomic E-state index is 0.667. The molecule has 29 heavy (non-hydrogen) atoms. The van der Waals surface area contributed by atoms with Gasteiger partial charge in [0.15, 0.2) is 5.65 Å². The molecule has 2 aliphatic heterocycles. The van der Waals surface area contributed by atoms with Gasteiger partial charge in [0.1, 0.15) is 5.82 Å². The predicted octanol–water partition coefficient (Wildman–Crippen LogP) is 1.67. The maximum Gasteiger partial charge on any atom is 0.226 e. The molecule has 0 spiro atoms. The van der Waals surface area contributed by atoms with E-state index in [1.807, 2.05) is 17.9 Å². The standard InChI is InChI=1S/C21H27N7O/c1-26-19-18(14-23-26)20(28-10-12-29-13-11-28)25-21(24-19)22-7-9-27-8-6-16-4-2-3-5-17(16)15-27/h2-5,14H,6-13,15H2,1H3,(H,22,24,25). The highest BCUT2D eigenvalue weighted by atomic mass is 16.5. The first-order valence-corrected chi connectivity index (χ1v) is 10.3. The van der Waals surface area contributed by atoms with Crippen molar-refractivity contribution >= 4 is 22.8 Å². The smallest absolute Gasteiger partial charge is 0.226 e. The Morgan fingerprint density at radius 3 is 2.76 bits per heavy atom. The second-order valence-corrected chi connectivity index (χ2v) is 7.70. The molecular formula is C21H27N7O. The van der Waals surface area contributed by atoms with Crippen molar-refractivity contribution in [3.05, 3.63) is 41.6 Å². The van der Waals surface area contributed by atoms with Gasteiger partial charge < -0.3 is 15.0 Å². The van der Waals surface area contributed by atoms with Gasteiger partial charge in [0, 0.05) is 46.3 Å². The molecule has 0 saturated carbocycles. The molecule has 0 bridgehead atoms. The molecule has 152 valence electrons. The molecule has 8 nitrogen and oxygen atoms in total. The molecule has 0 amide bonds. The van der Waals surface area contributed by atoms with E-state index in [-0.39, 0.29) is 0 Å². The number of ether oxygens (including phenoxy) is 1. The van der Waals surface area contributed by atoms with Gasteiger partial charge >= 0.3 is 0 Å². The maximum atomic E-state index is 5.50. The average molecular weight is 393 g/mol. The first-order chi connectivity index (χ1) is 14.3. The number of hydrogen-bond donors (Lipinski definition) is 1. The van der Waals surface area contributed by atoms with Crippen LogP contribution in [-0.2, 0) is 24.8 Å². The monoisotopic (exact) mass is 393 g/mol. The van der Waals surface area contributed by atoms with Crippen LogP contribution in [-0.4, -0.2) is 70.6 Å². The van der Waals surface area contributed by atoms with Crippen LogP contribution in [0.25, 0.3) is 11.0 Å². The fourth-order valence-corrected chi connectivity index (χ4v) is 4.17. The Labute approximate surface area is 170 Å². The molecule has 4 heterocycles. The van der Waals surface area contributed by atoms with Crippen LogP contribution in [0.1, 0.15) is 11.1 Å². The Balaban J connectivity index is 1.29. The van der Waals surface area contributed by atoms with Crippen LogP contribution in [0.5, 0.6) is 0 Å². The molecule has 1 N–H and O–H groups in total. The Morgan fingerprint density at radius 1 is 1.07 bits per heavy atom. The summed E-state index contributed by atoms with van der Waals surface area (Å²) >= 11 is 0. The molecule has 0 atom stereocenters. The summed E-state index contributed by atoms with van der Waals surface area (Å²) in [6.45, 7) is 7.02. The van der Waals surface area contributed by atoms with Crippen molar-refractivity contribution in [2.45, 2.75) is 13.0 Å². The molecule has 8 heteroatoms. The molecule has 2 aliphatic rings. The third-order valence-corrected chi connectivity index (χ3v) is 5.80. The van der Waals surface area contributed by atoms with Crippen LogP contribution in [0.2, 0.25) is 0 Å². The molecule has 1 saturated heterocycles. The second-order valence-electron chi connectivity index (χ2n) is 7.70. The van der Waals surface area contributed by atoms with Crippen molar-refractivity contribution in [1.82, 2.24) is 24.6 Å². The van der Waals surface area contributed by atoms with E-state index >= 15 is 0 Å². The summed E-state index contributed by atoms with van der Waals surface area (Å²) in [7, 11) is 1.92. The van der Waals surface area contributed by atoms with E-state index in [2.05, 4.69) is 44.5 Å². The first kappa shape index (κ1) is 18.3. The molecular weight excluding hydrogens is 366 g/mol. The summed E-state index contributed by atoms with van der Waals surface area (Å²) in [6, 6.07) is 8.75. The SMILES string of the molecule is Cn1ncc2c(N3CCOCC3)nc(NCCN3CCc4ccccc4C3)nc21. The van der Waals surface area contributed by atoms with Crippen LogP contribution in [0.3, 0.4) is 0 Å². The van der Waals surface area contributed by atoms with Crippen molar-refractivity contribution in [3.63, 3.8) is 0 Å². The Kier molecular flexibility index (Phi) is 5.03. The summed E-state index contributed by atoms with van der Waals surface area (Å²) in [6.07, 6.45) is 2.98. The predicted molar refractivity (Wildman–Crippen MR) is 113 cm³/mol. The van der Waals surface area contributed by atoms with Gasteiger partial charge in [0.25, 0.3) is 0 Å². The number of nitrogens with one attached hydrogen (secondary N) is 1. The van der Waals surface area contributed by atoms with Gasteiger partial charge in [-0.3, -0.25) is 9.58 Å². The van der Waals surface area contributed by atoms with Crippen LogP contribution in [0.15, 0.2) is 30.5 Å². The van der Waals surface area contributed by atoms with Crippen LogP contribution >= 0.6 is 0 Å². The van der Waals surface area contributed by atoms with Crippen molar-refractivity contribution in [2.75, 3.05) is 56.2 Å². The normalized spacial score (nSPS) is 17.5. The summed E-state index contributed by atoms with van der Waals surface area (Å²) < 4.78 is 7.31. The van der Waals surface area contributed by atoms with Gasteiger partial charge in [0.2, 0.25) is 5.95 Å². The Bertz CT molecular complexity index is 996. The number of benzene rings is 1. The summed E-state index contributed by atoms with van der Waals surface area (Å²) in [5.74, 6) is 1.61. The number of fused-ring (bicyclic) bond motifs is 2. The quantitative estimate of drug-likeness (QED) is 0.707. The first-order valence-electron chi connectivity index (χ1n) is 10.3. The Hall–Kier alpha value is -2.71. The molecule has 3 aromatic rings. The second kappa shape index (κ2) is 7.96. The highest BCUT2D eigenvalue weighted by Gasteiger charge is 2.20. The lowest BCUT2D eigenvalue weighted by Crippen LogP contribution is -2.37. The van der Waals surface area contributed by atoms with Gasteiger partial charge in [-0.2, -0.15) is 15.1 Å². The fourth-order valence-electron chi connectivity index (χ4n) is 4.17. The van der Waals surface area contributed by atoms with Gasteiger partial charge in [-0.15, -0.1) is 0 Å². The zero-order valence-corrected chi connectivity index (χ0v) is 16.8. The number of morpholine rings is 1. The lowest BCUT2D eigenvalue weighted by molar-refractivity contribution is 0.122. The summed E-state index contributed by atoms with van der Waals surface area (Å²) in [5.41, 5.74) is 3.79. The zero-order valence-electron chi connectivity index (χ0n) is 16.8. The number of aryl methyl sites for hydroxylation is 1. The van der Waals surface area contributed by atoms with Gasteiger partial charge in [-0.05, 0) is 17.5 Å². The molecule has 0 radical (unpaired) electrons. The number of nitrogens with zero attached hydrogens (tertiary/aromatic N) is 6. The zero-order chi connectivity index (χ0) is 19.6. The number of anilines is 2. The average Bonchev–Trinajstić information content (AvgIpc) is 3.14. The molecule has 0 unspecified atom stereocenters. The van der Waals surface area contributed by atoms with Crippen molar-refractivity contribution in [3.8, 4) is 0 Å². The van der Waals surface area contributed by atoms with Gasteiger partial charge in [-0.25, -0.2) is 0 Å². The fraction of sp³-hybridized carbons (Fsp3) is 0.476. The van der Waals surface area contributed by atoms with Crippen LogP contribution in [0, 0.1) is 0 Å². The van der Waals surface area contributed by atoms with Crippen LogP contribution < -0.4 is 10.2 Å². The molecule has 0 aliphatic carbocycles.